The van der Waals surface area contributed by atoms with E-state index in [1.54, 1.807) is 13.0 Å². The molecule has 0 heterocycles. The first kappa shape index (κ1) is 10.9. The van der Waals surface area contributed by atoms with Crippen molar-refractivity contribution in [3.05, 3.63) is 12.2 Å². The molecule has 0 saturated heterocycles. The van der Waals surface area contributed by atoms with Gasteiger partial charge in [0.15, 0.2) is 5.78 Å². The van der Waals surface area contributed by atoms with Crippen molar-refractivity contribution in [2.45, 2.75) is 26.7 Å². The van der Waals surface area contributed by atoms with Crippen molar-refractivity contribution in [1.29, 1.82) is 0 Å². The molecule has 0 fully saturated rings. The van der Waals surface area contributed by atoms with Crippen molar-refractivity contribution in [2.75, 3.05) is 6.61 Å². The lowest BCUT2D eigenvalue weighted by Gasteiger charge is -1.97. The van der Waals surface area contributed by atoms with Gasteiger partial charge in [0.2, 0.25) is 0 Å². The quantitative estimate of drug-likeness (QED) is 0.463. The Morgan fingerprint density at radius 2 is 2.08 bits per heavy atom. The number of rotatable bonds is 5. The summed E-state index contributed by atoms with van der Waals surface area (Å²) in [7, 11) is 0. The second kappa shape index (κ2) is 6.58. The van der Waals surface area contributed by atoms with E-state index in [4.69, 9.17) is 4.74 Å². The summed E-state index contributed by atoms with van der Waals surface area (Å²) in [6, 6.07) is 0. The Kier molecular flexibility index (Phi) is 5.97. The molecule has 0 saturated carbocycles. The van der Waals surface area contributed by atoms with Gasteiger partial charge in [-0.15, -0.1) is 0 Å². The maximum atomic E-state index is 10.7. The van der Waals surface area contributed by atoms with E-state index in [9.17, 15) is 9.59 Å². The third-order valence-corrected chi connectivity index (χ3v) is 1.17. The van der Waals surface area contributed by atoms with E-state index in [0.717, 1.165) is 0 Å². The van der Waals surface area contributed by atoms with Crippen molar-refractivity contribution < 1.29 is 14.3 Å². The van der Waals surface area contributed by atoms with Crippen molar-refractivity contribution in [1.82, 2.24) is 0 Å². The molecule has 0 spiro atoms. The first-order chi connectivity index (χ1) is 5.66. The smallest absolute Gasteiger partial charge is 0.306 e. The summed E-state index contributed by atoms with van der Waals surface area (Å²) in [5, 5.41) is 0. The van der Waals surface area contributed by atoms with Gasteiger partial charge in [0.1, 0.15) is 0 Å². The lowest BCUT2D eigenvalue weighted by atomic mass is 10.2. The van der Waals surface area contributed by atoms with E-state index >= 15 is 0 Å². The van der Waals surface area contributed by atoms with Crippen LogP contribution in [0, 0.1) is 0 Å². The van der Waals surface area contributed by atoms with Crippen LogP contribution in [0.5, 0.6) is 0 Å². The Hall–Kier alpha value is -1.12. The zero-order valence-corrected chi connectivity index (χ0v) is 7.50. The molecular formula is C9H14O3. The van der Waals surface area contributed by atoms with Crippen molar-refractivity contribution in [3.63, 3.8) is 0 Å². The van der Waals surface area contributed by atoms with E-state index in [1.165, 1.54) is 13.0 Å². The fourth-order valence-corrected chi connectivity index (χ4v) is 0.684. The summed E-state index contributed by atoms with van der Waals surface area (Å²) in [5.74, 6) is -0.218. The molecule has 0 aromatic carbocycles. The fourth-order valence-electron chi connectivity index (χ4n) is 0.684. The molecule has 0 aliphatic rings. The highest BCUT2D eigenvalue weighted by Crippen LogP contribution is 1.94. The Morgan fingerprint density at radius 1 is 1.42 bits per heavy atom. The lowest BCUT2D eigenvalue weighted by molar-refractivity contribution is -0.143. The van der Waals surface area contributed by atoms with Crippen LogP contribution in [0.1, 0.15) is 26.7 Å². The molecule has 0 amide bonds. The van der Waals surface area contributed by atoms with Gasteiger partial charge < -0.3 is 4.74 Å². The molecule has 12 heavy (non-hydrogen) atoms. The van der Waals surface area contributed by atoms with E-state index in [0.29, 0.717) is 19.4 Å². The van der Waals surface area contributed by atoms with Gasteiger partial charge in [-0.3, -0.25) is 9.59 Å². The molecule has 0 aliphatic carbocycles. The molecule has 0 aromatic rings. The number of esters is 1. The largest absolute Gasteiger partial charge is 0.466 e. The van der Waals surface area contributed by atoms with Gasteiger partial charge in [0.25, 0.3) is 0 Å². The highest BCUT2D eigenvalue weighted by atomic mass is 16.5. The number of hydrogen-bond acceptors (Lipinski definition) is 3. The number of carbonyl (C=O) groups excluding carboxylic acids is 2. The van der Waals surface area contributed by atoms with E-state index in [2.05, 4.69) is 0 Å². The predicted octanol–water partition coefficient (Wildman–Crippen LogP) is 1.47. The van der Waals surface area contributed by atoms with Crippen LogP contribution in [-0.4, -0.2) is 18.4 Å². The highest BCUT2D eigenvalue weighted by molar-refractivity contribution is 5.87. The van der Waals surface area contributed by atoms with Crippen LogP contribution in [-0.2, 0) is 14.3 Å². The van der Waals surface area contributed by atoms with Crippen LogP contribution in [0.15, 0.2) is 12.2 Å². The maximum absolute atomic E-state index is 10.7. The molecule has 3 heteroatoms. The average Bonchev–Trinajstić information content (AvgIpc) is 1.98. The van der Waals surface area contributed by atoms with Gasteiger partial charge >= 0.3 is 5.97 Å². The number of allylic oxidation sites excluding steroid dienone is 2. The van der Waals surface area contributed by atoms with E-state index < -0.39 is 0 Å². The minimum Gasteiger partial charge on any atom is -0.466 e. The predicted molar refractivity (Wildman–Crippen MR) is 45.7 cm³/mol. The van der Waals surface area contributed by atoms with Crippen LogP contribution >= 0.6 is 0 Å². The molecule has 0 radical (unpaired) electrons. The van der Waals surface area contributed by atoms with Crippen LogP contribution in [0.4, 0.5) is 0 Å². The van der Waals surface area contributed by atoms with Crippen molar-refractivity contribution >= 4 is 11.8 Å². The molecular weight excluding hydrogens is 156 g/mol. The molecule has 0 unspecified atom stereocenters. The summed E-state index contributed by atoms with van der Waals surface area (Å²) in [6.45, 7) is 3.65. The second-order valence-electron chi connectivity index (χ2n) is 2.36. The third-order valence-electron chi connectivity index (χ3n) is 1.17. The highest BCUT2D eigenvalue weighted by Gasteiger charge is 1.97. The Bertz CT molecular complexity index is 182. The Balaban J connectivity index is 3.43. The van der Waals surface area contributed by atoms with Crippen LogP contribution in [0.3, 0.4) is 0 Å². The lowest BCUT2D eigenvalue weighted by Crippen LogP contribution is -2.02. The molecule has 0 atom stereocenters. The van der Waals surface area contributed by atoms with Gasteiger partial charge in [-0.25, -0.2) is 0 Å². The Morgan fingerprint density at radius 3 is 2.58 bits per heavy atom. The molecule has 3 nitrogen and oxygen atoms in total. The van der Waals surface area contributed by atoms with Gasteiger partial charge in [0.05, 0.1) is 6.61 Å². The third kappa shape index (κ3) is 6.99. The molecule has 0 rings (SSSR count). The minimum absolute atomic E-state index is 0.00106. The van der Waals surface area contributed by atoms with Crippen molar-refractivity contribution in [3.8, 4) is 0 Å². The normalized spacial score (nSPS) is 10.2. The zero-order valence-electron chi connectivity index (χ0n) is 7.50. The summed E-state index contributed by atoms with van der Waals surface area (Å²) in [5.41, 5.74) is 0. The summed E-state index contributed by atoms with van der Waals surface area (Å²) in [4.78, 5) is 21.2. The topological polar surface area (TPSA) is 43.4 Å². The SMILES string of the molecule is CCOC(=O)CCC=CC(C)=O. The minimum atomic E-state index is -0.217. The maximum Gasteiger partial charge on any atom is 0.306 e. The molecule has 0 aliphatic heterocycles. The molecule has 0 N–H and O–H groups in total. The second-order valence-corrected chi connectivity index (χ2v) is 2.36. The standard InChI is InChI=1S/C9H14O3/c1-3-12-9(11)7-5-4-6-8(2)10/h4,6H,3,5,7H2,1-2H3. The zero-order chi connectivity index (χ0) is 9.40. The van der Waals surface area contributed by atoms with Gasteiger partial charge in [-0.1, -0.05) is 6.08 Å². The number of ether oxygens (including phenoxy) is 1. The average molecular weight is 170 g/mol. The van der Waals surface area contributed by atoms with E-state index in [1.807, 2.05) is 0 Å². The van der Waals surface area contributed by atoms with Gasteiger partial charge in [-0.2, -0.15) is 0 Å². The summed E-state index contributed by atoms with van der Waals surface area (Å²) < 4.78 is 4.69. The van der Waals surface area contributed by atoms with Crippen LogP contribution < -0.4 is 0 Å². The number of hydrogen-bond donors (Lipinski definition) is 0. The van der Waals surface area contributed by atoms with Crippen LogP contribution in [0.2, 0.25) is 0 Å². The summed E-state index contributed by atoms with van der Waals surface area (Å²) in [6.07, 6.45) is 4.05. The molecule has 0 aromatic heterocycles. The van der Waals surface area contributed by atoms with Gasteiger partial charge in [0, 0.05) is 6.42 Å². The Labute approximate surface area is 72.4 Å². The fraction of sp³-hybridized carbons (Fsp3) is 0.556. The molecule has 0 bridgehead atoms. The first-order valence-electron chi connectivity index (χ1n) is 3.99. The van der Waals surface area contributed by atoms with E-state index in [-0.39, 0.29) is 11.8 Å². The number of carbonyl (C=O) groups is 2. The van der Waals surface area contributed by atoms with Gasteiger partial charge in [-0.05, 0) is 26.3 Å². The van der Waals surface area contributed by atoms with Crippen molar-refractivity contribution in [2.24, 2.45) is 0 Å². The number of ketones is 1. The first-order valence-corrected chi connectivity index (χ1v) is 3.99. The van der Waals surface area contributed by atoms with Crippen LogP contribution in [0.25, 0.3) is 0 Å². The summed E-state index contributed by atoms with van der Waals surface area (Å²) >= 11 is 0. The molecule has 68 valence electrons. The monoisotopic (exact) mass is 170 g/mol.